The zero-order valence-electron chi connectivity index (χ0n) is 46.4. The first-order chi connectivity index (χ1) is 33.6. The Labute approximate surface area is 466 Å². The molecule has 0 aliphatic heterocycles. The number of phenolic OH excluding ortho intramolecular Hbond substituents is 2. The average Bonchev–Trinajstić information content (AvgIpc) is 4.00. The number of thiophene rings is 2. The maximum atomic E-state index is 11.3. The minimum Gasteiger partial charge on any atom is -0.584 e. The number of phenols is 2. The first-order valence-electron chi connectivity index (χ1n) is 24.7. The van der Waals surface area contributed by atoms with Crippen molar-refractivity contribution in [2.24, 2.45) is 0 Å². The van der Waals surface area contributed by atoms with Crippen LogP contribution < -0.4 is 0 Å². The van der Waals surface area contributed by atoms with Crippen molar-refractivity contribution in [3.05, 3.63) is 201 Å². The van der Waals surface area contributed by atoms with Crippen LogP contribution in [0, 0.1) is 27.7 Å². The van der Waals surface area contributed by atoms with Gasteiger partial charge in [-0.15, -0.1) is 46.9 Å². The Hall–Kier alpha value is -5.47. The molecule has 0 aliphatic rings. The van der Waals surface area contributed by atoms with Gasteiger partial charge in [0, 0.05) is 58.9 Å². The quantitative estimate of drug-likeness (QED) is 0.0990. The maximum Gasteiger partial charge on any atom is 0.273 e. The molecule has 0 bridgehead atoms. The Morgan fingerprint density at radius 3 is 0.890 bits per heavy atom. The summed E-state index contributed by atoms with van der Waals surface area (Å²) < 4.78 is 8.74. The maximum absolute atomic E-state index is 11.3. The summed E-state index contributed by atoms with van der Waals surface area (Å²) >= 11 is 3.22. The molecule has 2 heterocycles. The molecule has 0 spiro atoms. The van der Waals surface area contributed by atoms with Crippen molar-refractivity contribution in [1.29, 1.82) is 0 Å². The second-order valence-corrected chi connectivity index (χ2v) is 24.3. The Balaban J connectivity index is 0.000000246. The van der Waals surface area contributed by atoms with Crippen LogP contribution in [0.4, 0.5) is 0 Å². The summed E-state index contributed by atoms with van der Waals surface area (Å²) in [6.07, 6.45) is 0. The third kappa shape index (κ3) is 16.3. The third-order valence-corrected chi connectivity index (χ3v) is 14.0. The van der Waals surface area contributed by atoms with Gasteiger partial charge in [0.15, 0.2) is 14.2 Å². The van der Waals surface area contributed by atoms with E-state index in [1.807, 2.05) is 83.6 Å². The molecule has 8 aromatic rings. The van der Waals surface area contributed by atoms with Crippen molar-refractivity contribution in [3.63, 3.8) is 0 Å². The Morgan fingerprint density at radius 2 is 0.658 bits per heavy atom. The van der Waals surface area contributed by atoms with E-state index in [0.29, 0.717) is 11.5 Å². The Kier molecular flexibility index (Phi) is 20.7. The second-order valence-electron chi connectivity index (χ2n) is 22.8. The van der Waals surface area contributed by atoms with E-state index in [1.165, 1.54) is 22.3 Å². The van der Waals surface area contributed by atoms with Crippen LogP contribution in [-0.2, 0) is 47.5 Å². The predicted molar refractivity (Wildman–Crippen MR) is 315 cm³/mol. The minimum absolute atomic E-state index is 0. The van der Waals surface area contributed by atoms with E-state index in [4.69, 9.17) is 0 Å². The largest absolute Gasteiger partial charge is 0.584 e. The molecule has 8 rings (SSSR count). The molecule has 73 heavy (non-hydrogen) atoms. The number of ether oxygens (including phenoxy) is 2. The van der Waals surface area contributed by atoms with E-state index >= 15 is 0 Å². The molecule has 4 nitrogen and oxygen atoms in total. The van der Waals surface area contributed by atoms with Gasteiger partial charge in [0.2, 0.25) is 0 Å². The normalized spacial score (nSPS) is 11.4. The number of aliphatic hydroxyl groups is 2. The van der Waals surface area contributed by atoms with Gasteiger partial charge in [-0.2, -0.15) is 49.2 Å². The van der Waals surface area contributed by atoms with Crippen molar-refractivity contribution in [3.8, 4) is 67.5 Å². The van der Waals surface area contributed by atoms with Gasteiger partial charge in [-0.25, -0.2) is 0 Å². The molecule has 0 unspecified atom stereocenters. The Morgan fingerprint density at radius 1 is 0.384 bits per heavy atom. The molecule has 7 heteroatoms. The zero-order valence-corrected chi connectivity index (χ0v) is 51.6. The fourth-order valence-corrected chi connectivity index (χ4v) is 9.62. The third-order valence-electron chi connectivity index (χ3n) is 12.5. The predicted octanol–water partition coefficient (Wildman–Crippen LogP) is 18.9. The number of hydrogen-bond acceptors (Lipinski definition) is 4. The van der Waals surface area contributed by atoms with E-state index in [0.717, 1.165) is 78.3 Å². The van der Waals surface area contributed by atoms with Crippen LogP contribution in [0.5, 0.6) is 23.0 Å². The minimum atomic E-state index is 0. The fraction of sp³-hybridized carbons (Fsp3) is 0.303. The number of benzene rings is 6. The number of hydrogen-bond donors (Lipinski definition) is 2. The second kappa shape index (κ2) is 25.2. The van der Waals surface area contributed by atoms with Gasteiger partial charge in [0.05, 0.1) is 21.9 Å². The first-order valence-corrected chi connectivity index (χ1v) is 26.6. The van der Waals surface area contributed by atoms with Crippen molar-refractivity contribution in [2.45, 2.75) is 119 Å². The van der Waals surface area contributed by atoms with Crippen LogP contribution in [0.3, 0.4) is 0 Å². The van der Waals surface area contributed by atoms with Gasteiger partial charge in [-0.3, -0.25) is 0 Å². The fourth-order valence-electron chi connectivity index (χ4n) is 7.99. The summed E-state index contributed by atoms with van der Waals surface area (Å²) in [7, 11) is 3.59. The monoisotopic (exact) mass is 1180 g/mol. The number of rotatable bonds is 6. The molecule has 0 saturated heterocycles. The summed E-state index contributed by atoms with van der Waals surface area (Å²) in [5.74, 6) is 2.48. The summed E-state index contributed by atoms with van der Waals surface area (Å²) in [6.45, 7) is 38.4. The van der Waals surface area contributed by atoms with Gasteiger partial charge in [-0.05, 0) is 104 Å². The summed E-state index contributed by atoms with van der Waals surface area (Å²) in [4.78, 5) is 0. The topological polar surface area (TPSA) is 66.1 Å². The molecule has 0 atom stereocenters. The van der Waals surface area contributed by atoms with Crippen LogP contribution in [0.15, 0.2) is 143 Å². The molecule has 0 saturated carbocycles. The number of aromatic hydroxyl groups is 4. The van der Waals surface area contributed by atoms with Gasteiger partial charge >= 0.3 is 0 Å². The van der Waals surface area contributed by atoms with E-state index in [-0.39, 0.29) is 47.5 Å². The molecule has 384 valence electrons. The summed E-state index contributed by atoms with van der Waals surface area (Å²) in [6, 6.07) is 41.6. The van der Waals surface area contributed by atoms with E-state index < -0.39 is 0 Å². The Bertz CT molecular complexity index is 2750. The van der Waals surface area contributed by atoms with Gasteiger partial charge < -0.3 is 19.7 Å². The molecule has 0 fully saturated rings. The van der Waals surface area contributed by atoms with E-state index in [2.05, 4.69) is 180 Å². The summed E-state index contributed by atoms with van der Waals surface area (Å²) in [5, 5.41) is 30.8. The average molecular weight is 1180 g/mol. The molecule has 0 aliphatic carbocycles. The standard InChI is InChI=1S/2C26H32O2S.2C7H7.Hf/c2*1-16-9-20(24(27)21(10-16)22-14-29-15-23(22)28-8)17-11-18(25(2,3)4)13-19(12-17)26(5,6)7;2*1-7-5-3-2-4-6-7;/h2*9-15,27H,1-8H3;2*2-6H,1H2;/q;;2*-1;/p+2. The van der Waals surface area contributed by atoms with Gasteiger partial charge in [0.25, 0.3) is 11.5 Å². The van der Waals surface area contributed by atoms with Gasteiger partial charge in [0.1, 0.15) is 11.5 Å². The first kappa shape index (κ1) is 60.1. The molecular weight excluding hydrogens is 1100 g/mol. The number of aryl methyl sites for hydroxylation is 2. The van der Waals surface area contributed by atoms with Crippen LogP contribution in [0.1, 0.15) is 128 Å². The smallest absolute Gasteiger partial charge is 0.273 e. The molecule has 0 amide bonds. The van der Waals surface area contributed by atoms with E-state index in [1.54, 1.807) is 36.9 Å². The van der Waals surface area contributed by atoms with Crippen LogP contribution in [0.25, 0.3) is 44.5 Å². The van der Waals surface area contributed by atoms with Crippen LogP contribution >= 0.6 is 22.7 Å². The van der Waals surface area contributed by atoms with E-state index in [9.17, 15) is 10.2 Å². The molecular formula is C66H80HfO4S2. The van der Waals surface area contributed by atoms with Gasteiger partial charge in [-0.1, -0.05) is 132 Å². The molecule has 4 N–H and O–H groups in total. The molecule has 6 aromatic carbocycles. The summed E-state index contributed by atoms with van der Waals surface area (Å²) in [5.41, 5.74) is 17.2. The van der Waals surface area contributed by atoms with Crippen molar-refractivity contribution >= 4 is 22.7 Å². The SMILES string of the molecule is C[OH+]c1cscc1-c1cc(C)cc(-c2cc(C(C)(C)C)cc(C(C)(C)C)c2)c1O.C[OH+]c1cscc1-c1cc(C)cc(-c2cc(C(C)(C)C)cc(C(C)(C)C)c2)c1O.[CH2-]c1ccccc1.[CH2-]c1ccccc1.[Hf]. The molecule has 2 aromatic heterocycles. The van der Waals surface area contributed by atoms with Crippen LogP contribution in [-0.4, -0.2) is 33.9 Å². The molecule has 0 radical (unpaired) electrons. The van der Waals surface area contributed by atoms with Crippen molar-refractivity contribution < 1.29 is 45.5 Å². The van der Waals surface area contributed by atoms with Crippen LogP contribution in [0.2, 0.25) is 0 Å². The van der Waals surface area contributed by atoms with Crippen molar-refractivity contribution in [2.75, 3.05) is 14.2 Å². The van der Waals surface area contributed by atoms with Crippen molar-refractivity contribution in [1.82, 2.24) is 0 Å². The zero-order chi connectivity index (χ0) is 53.3.